The average molecular weight is 420 g/mol. The van der Waals surface area contributed by atoms with Crippen LogP contribution in [0.25, 0.3) is 0 Å². The molecule has 0 unspecified atom stereocenters. The van der Waals surface area contributed by atoms with Crippen LogP contribution >= 0.6 is 0 Å². The van der Waals surface area contributed by atoms with Gasteiger partial charge in [0.05, 0.1) is 0 Å². The van der Waals surface area contributed by atoms with Gasteiger partial charge in [-0.25, -0.2) is 0 Å². The van der Waals surface area contributed by atoms with Gasteiger partial charge in [-0.2, -0.15) is 4.98 Å². The number of fused-ring (bicyclic) bond motifs is 3. The quantitative estimate of drug-likeness (QED) is 0.630. The number of hydrogen-bond acceptors (Lipinski definition) is 6. The molecule has 0 amide bonds. The molecule has 31 heavy (non-hydrogen) atoms. The molecule has 0 saturated carbocycles. The van der Waals surface area contributed by atoms with Crippen LogP contribution in [0.4, 0.5) is 0 Å². The Balaban J connectivity index is 1.41. The zero-order valence-corrected chi connectivity index (χ0v) is 17.6. The second-order valence-corrected chi connectivity index (χ2v) is 8.09. The van der Waals surface area contributed by atoms with Crippen molar-refractivity contribution in [3.8, 4) is 17.5 Å². The van der Waals surface area contributed by atoms with E-state index in [1.165, 1.54) is 5.56 Å². The number of aromatic nitrogens is 2. The predicted molar refractivity (Wildman–Crippen MR) is 114 cm³/mol. The highest BCUT2D eigenvalue weighted by molar-refractivity contribution is 5.28. The minimum atomic E-state index is -0.443. The summed E-state index contributed by atoms with van der Waals surface area (Å²) < 4.78 is 26.4. The van der Waals surface area contributed by atoms with E-state index in [0.29, 0.717) is 12.2 Å². The largest absolute Gasteiger partial charge is 0.491 e. The van der Waals surface area contributed by atoms with Gasteiger partial charge in [0.25, 0.3) is 5.56 Å². The lowest BCUT2D eigenvalue weighted by Gasteiger charge is -2.23. The number of nitrogens with zero attached hydrogens (tertiary/aromatic N) is 2. The third-order valence-corrected chi connectivity index (χ3v) is 5.62. The van der Waals surface area contributed by atoms with Crippen LogP contribution in [0.1, 0.15) is 22.9 Å². The Labute approximate surface area is 180 Å². The van der Waals surface area contributed by atoms with Crippen LogP contribution < -0.4 is 19.8 Å². The molecule has 1 saturated heterocycles. The number of rotatable bonds is 5. The Bertz CT molecular complexity index is 1140. The molecular formula is C24H24N2O5. The van der Waals surface area contributed by atoms with Gasteiger partial charge in [-0.05, 0) is 45.0 Å². The van der Waals surface area contributed by atoms with E-state index >= 15 is 0 Å². The van der Waals surface area contributed by atoms with Crippen molar-refractivity contribution in [1.29, 1.82) is 0 Å². The van der Waals surface area contributed by atoms with E-state index in [0.717, 1.165) is 17.1 Å². The van der Waals surface area contributed by atoms with Crippen LogP contribution in [0.2, 0.25) is 0 Å². The van der Waals surface area contributed by atoms with Gasteiger partial charge in [-0.3, -0.25) is 9.36 Å². The van der Waals surface area contributed by atoms with Gasteiger partial charge in [-0.1, -0.05) is 35.4 Å². The molecule has 2 aromatic carbocycles. The number of aryl methyl sites for hydroxylation is 3. The predicted octanol–water partition coefficient (Wildman–Crippen LogP) is 3.35. The Kier molecular flexibility index (Phi) is 4.90. The van der Waals surface area contributed by atoms with Gasteiger partial charge >= 0.3 is 6.01 Å². The maximum Gasteiger partial charge on any atom is 0.302 e. The van der Waals surface area contributed by atoms with Crippen molar-refractivity contribution in [2.45, 2.75) is 45.3 Å². The smallest absolute Gasteiger partial charge is 0.302 e. The van der Waals surface area contributed by atoms with Crippen LogP contribution in [-0.4, -0.2) is 34.5 Å². The first kappa shape index (κ1) is 19.6. The fourth-order valence-electron chi connectivity index (χ4n) is 3.86. The first-order valence-electron chi connectivity index (χ1n) is 10.3. The van der Waals surface area contributed by atoms with E-state index in [1.807, 2.05) is 62.4 Å². The molecule has 3 aromatic rings. The maximum absolute atomic E-state index is 12.0. The molecule has 160 valence electrons. The summed E-state index contributed by atoms with van der Waals surface area (Å²) >= 11 is 0. The van der Waals surface area contributed by atoms with Crippen molar-refractivity contribution in [2.24, 2.45) is 0 Å². The summed E-state index contributed by atoms with van der Waals surface area (Å²) in [6.45, 7) is 6.09. The van der Waals surface area contributed by atoms with Crippen LogP contribution in [-0.2, 0) is 4.74 Å². The fourth-order valence-corrected chi connectivity index (χ4v) is 3.86. The van der Waals surface area contributed by atoms with Gasteiger partial charge in [0.2, 0.25) is 0 Å². The van der Waals surface area contributed by atoms with E-state index in [9.17, 15) is 4.79 Å². The highest BCUT2D eigenvalue weighted by Crippen LogP contribution is 2.41. The molecule has 2 aliphatic heterocycles. The molecular weight excluding hydrogens is 396 g/mol. The lowest BCUT2D eigenvalue weighted by Crippen LogP contribution is -2.41. The lowest BCUT2D eigenvalue weighted by molar-refractivity contribution is -0.0343. The summed E-state index contributed by atoms with van der Waals surface area (Å²) in [6, 6.07) is 16.0. The van der Waals surface area contributed by atoms with Crippen LogP contribution in [0, 0.1) is 20.8 Å². The minimum Gasteiger partial charge on any atom is -0.491 e. The highest BCUT2D eigenvalue weighted by Gasteiger charge is 2.53. The molecule has 0 spiro atoms. The standard InChI is InChI=1S/C24H24N2O5/c1-14-4-8-17(9-5-14)28-13-19-20(29-18-10-6-15(2)7-11-18)21-23(30-19)26-12-16(3)22(27)25-24(26)31-21/h4-12,19-21,23H,13H2,1-3H3/t19-,20-,21+,23-/m1/s1. The number of hydrogen-bond donors (Lipinski definition) is 0. The Morgan fingerprint density at radius 1 is 0.968 bits per heavy atom. The first-order chi connectivity index (χ1) is 15.0. The first-order valence-corrected chi connectivity index (χ1v) is 10.3. The molecule has 0 radical (unpaired) electrons. The monoisotopic (exact) mass is 420 g/mol. The Hall–Kier alpha value is -3.32. The summed E-state index contributed by atoms with van der Waals surface area (Å²) in [5.41, 5.74) is 2.55. The van der Waals surface area contributed by atoms with Crippen molar-refractivity contribution in [1.82, 2.24) is 9.55 Å². The molecule has 0 aliphatic carbocycles. The summed E-state index contributed by atoms with van der Waals surface area (Å²) in [7, 11) is 0. The maximum atomic E-state index is 12.0. The SMILES string of the molecule is Cc1ccc(OC[C@H]2O[C@@H]3[C@@H](Oc4nc(=O)c(C)cn43)[C@@H]2Oc2ccc(C)cc2)cc1. The molecule has 7 heteroatoms. The third kappa shape index (κ3) is 3.77. The minimum absolute atomic E-state index is 0.251. The Morgan fingerprint density at radius 3 is 2.29 bits per heavy atom. The molecule has 5 rings (SSSR count). The second kappa shape index (κ2) is 7.74. The zero-order valence-electron chi connectivity index (χ0n) is 17.6. The van der Waals surface area contributed by atoms with Crippen molar-refractivity contribution < 1.29 is 18.9 Å². The van der Waals surface area contributed by atoms with E-state index in [1.54, 1.807) is 17.7 Å². The summed E-state index contributed by atoms with van der Waals surface area (Å²) in [6.07, 6.45) is 0.0350. The molecule has 1 fully saturated rings. The Morgan fingerprint density at radius 2 is 1.61 bits per heavy atom. The molecule has 3 heterocycles. The molecule has 1 aromatic heterocycles. The summed E-state index contributed by atoms with van der Waals surface area (Å²) in [5, 5.41) is 0. The van der Waals surface area contributed by atoms with Crippen molar-refractivity contribution in [2.75, 3.05) is 6.61 Å². The van der Waals surface area contributed by atoms with Gasteiger partial charge < -0.3 is 18.9 Å². The van der Waals surface area contributed by atoms with Crippen LogP contribution in [0.5, 0.6) is 17.5 Å². The summed E-state index contributed by atoms with van der Waals surface area (Å²) in [4.78, 5) is 16.0. The molecule has 7 nitrogen and oxygen atoms in total. The van der Waals surface area contributed by atoms with E-state index < -0.39 is 18.4 Å². The summed E-state index contributed by atoms with van der Waals surface area (Å²) in [5.74, 6) is 1.49. The molecule has 0 bridgehead atoms. The van der Waals surface area contributed by atoms with E-state index in [2.05, 4.69) is 4.98 Å². The average Bonchev–Trinajstić information content (AvgIpc) is 3.26. The fraction of sp³-hybridized carbons (Fsp3) is 0.333. The second-order valence-electron chi connectivity index (χ2n) is 8.09. The topological polar surface area (TPSA) is 71.8 Å². The van der Waals surface area contributed by atoms with Crippen molar-refractivity contribution >= 4 is 0 Å². The normalized spacial score (nSPS) is 23.7. The molecule has 2 aliphatic rings. The van der Waals surface area contributed by atoms with Gasteiger partial charge in [-0.15, -0.1) is 0 Å². The highest BCUT2D eigenvalue weighted by atomic mass is 16.6. The van der Waals surface area contributed by atoms with Gasteiger partial charge in [0.15, 0.2) is 18.4 Å². The van der Waals surface area contributed by atoms with E-state index in [-0.39, 0.29) is 17.7 Å². The van der Waals surface area contributed by atoms with Crippen LogP contribution in [0.3, 0.4) is 0 Å². The van der Waals surface area contributed by atoms with Crippen molar-refractivity contribution in [3.63, 3.8) is 0 Å². The zero-order chi connectivity index (χ0) is 21.5. The third-order valence-electron chi connectivity index (χ3n) is 5.62. The lowest BCUT2D eigenvalue weighted by atomic mass is 10.1. The van der Waals surface area contributed by atoms with Crippen molar-refractivity contribution in [3.05, 3.63) is 81.8 Å². The number of benzene rings is 2. The van der Waals surface area contributed by atoms with Crippen LogP contribution in [0.15, 0.2) is 59.5 Å². The number of ether oxygens (including phenoxy) is 4. The molecule has 4 atom stereocenters. The van der Waals surface area contributed by atoms with E-state index in [4.69, 9.17) is 18.9 Å². The van der Waals surface area contributed by atoms with Gasteiger partial charge in [0, 0.05) is 11.8 Å². The molecule has 0 N–H and O–H groups in total. The van der Waals surface area contributed by atoms with Gasteiger partial charge in [0.1, 0.15) is 24.2 Å².